The number of ketones is 1. The first-order chi connectivity index (χ1) is 8.88. The number of aryl methyl sites for hydroxylation is 1. The van der Waals surface area contributed by atoms with Gasteiger partial charge in [0.05, 0.1) is 5.56 Å². The largest absolute Gasteiger partial charge is 0.417 e. The molecule has 1 atom stereocenters. The van der Waals surface area contributed by atoms with Gasteiger partial charge in [0.1, 0.15) is 5.78 Å². The molecule has 0 bridgehead atoms. The molecule has 0 N–H and O–H groups in total. The Balaban J connectivity index is 2.11. The molecule has 1 aliphatic rings. The van der Waals surface area contributed by atoms with Crippen LogP contribution >= 0.6 is 0 Å². The highest BCUT2D eigenvalue weighted by Crippen LogP contribution is 2.28. The molecule has 1 aromatic heterocycles. The normalized spacial score (nSPS) is 19.9. The minimum Gasteiger partial charge on any atom is -0.315 e. The topological polar surface area (TPSA) is 39.1 Å². The molecule has 1 heterocycles. The van der Waals surface area contributed by atoms with Crippen LogP contribution in [0.25, 0.3) is 0 Å². The zero-order valence-corrected chi connectivity index (χ0v) is 10.2. The minimum atomic E-state index is -4.46. The number of pyridine rings is 1. The number of carbonyl (C=O) groups is 1. The monoisotopic (exact) mass is 273 g/mol. The van der Waals surface area contributed by atoms with Gasteiger partial charge in [0.25, 0.3) is 5.56 Å². The number of Topliss-reactive ketones (excluding diaryl/α,β-unsaturated/α-hetero) is 1. The van der Waals surface area contributed by atoms with Gasteiger partial charge in [-0.05, 0) is 25.3 Å². The van der Waals surface area contributed by atoms with Crippen molar-refractivity contribution in [1.82, 2.24) is 4.57 Å². The molecule has 6 heteroatoms. The first kappa shape index (κ1) is 13.8. The van der Waals surface area contributed by atoms with Crippen LogP contribution in [0.3, 0.4) is 0 Å². The molecular formula is C13H14F3NO2. The molecule has 1 aromatic rings. The highest BCUT2D eigenvalue weighted by atomic mass is 19.4. The lowest BCUT2D eigenvalue weighted by Gasteiger charge is -2.12. The lowest BCUT2D eigenvalue weighted by molar-refractivity contribution is -0.138. The van der Waals surface area contributed by atoms with Gasteiger partial charge in [-0.2, -0.15) is 13.2 Å². The molecule has 0 saturated heterocycles. The maximum Gasteiger partial charge on any atom is 0.417 e. The van der Waals surface area contributed by atoms with Crippen molar-refractivity contribution in [3.05, 3.63) is 34.2 Å². The van der Waals surface area contributed by atoms with Crippen molar-refractivity contribution in [2.45, 2.75) is 38.4 Å². The van der Waals surface area contributed by atoms with E-state index >= 15 is 0 Å². The molecule has 1 fully saturated rings. The predicted octanol–water partition coefficient (Wildman–Crippen LogP) is 2.63. The second-order valence-corrected chi connectivity index (χ2v) is 4.79. The van der Waals surface area contributed by atoms with E-state index in [2.05, 4.69) is 0 Å². The SMILES string of the molecule is O=C1CCCC1CCn1cc(C(F)(F)F)ccc1=O. The number of halogens is 3. The van der Waals surface area contributed by atoms with Gasteiger partial charge in [-0.1, -0.05) is 0 Å². The van der Waals surface area contributed by atoms with Crippen molar-refractivity contribution in [1.29, 1.82) is 0 Å². The van der Waals surface area contributed by atoms with E-state index in [1.807, 2.05) is 0 Å². The molecule has 0 aliphatic heterocycles. The fraction of sp³-hybridized carbons (Fsp3) is 0.538. The Bertz CT molecular complexity index is 533. The summed E-state index contributed by atoms with van der Waals surface area (Å²) in [6.07, 6.45) is -1.06. The number of carbonyl (C=O) groups excluding carboxylic acids is 1. The highest BCUT2D eigenvalue weighted by Gasteiger charge is 2.31. The van der Waals surface area contributed by atoms with Gasteiger partial charge in [0.15, 0.2) is 0 Å². The molecule has 104 valence electrons. The fourth-order valence-corrected chi connectivity index (χ4v) is 2.36. The summed E-state index contributed by atoms with van der Waals surface area (Å²) in [5, 5.41) is 0. The minimum absolute atomic E-state index is 0.110. The van der Waals surface area contributed by atoms with Crippen molar-refractivity contribution in [2.75, 3.05) is 0 Å². The van der Waals surface area contributed by atoms with Crippen molar-refractivity contribution in [3.63, 3.8) is 0 Å². The van der Waals surface area contributed by atoms with E-state index in [0.717, 1.165) is 35.7 Å². The molecule has 1 saturated carbocycles. The van der Waals surface area contributed by atoms with Crippen LogP contribution < -0.4 is 5.56 Å². The number of rotatable bonds is 3. The van der Waals surface area contributed by atoms with E-state index in [1.54, 1.807) is 0 Å². The molecule has 0 aromatic carbocycles. The molecule has 0 spiro atoms. The van der Waals surface area contributed by atoms with Crippen molar-refractivity contribution >= 4 is 5.78 Å². The second kappa shape index (κ2) is 5.19. The first-order valence-electron chi connectivity index (χ1n) is 6.18. The summed E-state index contributed by atoms with van der Waals surface area (Å²) in [5.74, 6) is 0.0430. The standard InChI is InChI=1S/C13H14F3NO2/c14-13(15,16)10-4-5-12(19)17(8-10)7-6-9-2-1-3-11(9)18/h4-5,8-9H,1-3,6-7H2. The van der Waals surface area contributed by atoms with E-state index in [-0.39, 0.29) is 18.2 Å². The van der Waals surface area contributed by atoms with Crippen LogP contribution in [-0.2, 0) is 17.5 Å². The van der Waals surface area contributed by atoms with E-state index in [0.29, 0.717) is 12.8 Å². The summed E-state index contributed by atoms with van der Waals surface area (Å²) in [6, 6.07) is 1.69. The van der Waals surface area contributed by atoms with E-state index in [9.17, 15) is 22.8 Å². The molecule has 1 unspecified atom stereocenters. The molecule has 1 aliphatic carbocycles. The molecule has 0 radical (unpaired) electrons. The average molecular weight is 273 g/mol. The first-order valence-corrected chi connectivity index (χ1v) is 6.18. The molecule has 3 nitrogen and oxygen atoms in total. The van der Waals surface area contributed by atoms with Gasteiger partial charge in [-0.25, -0.2) is 0 Å². The van der Waals surface area contributed by atoms with Crippen LogP contribution in [0, 0.1) is 5.92 Å². The predicted molar refractivity (Wildman–Crippen MR) is 62.7 cm³/mol. The van der Waals surface area contributed by atoms with E-state index < -0.39 is 17.3 Å². The summed E-state index contributed by atoms with van der Waals surface area (Å²) in [4.78, 5) is 22.9. The van der Waals surface area contributed by atoms with Crippen LogP contribution in [-0.4, -0.2) is 10.4 Å². The van der Waals surface area contributed by atoms with E-state index in [4.69, 9.17) is 0 Å². The van der Waals surface area contributed by atoms with Gasteiger partial charge >= 0.3 is 6.18 Å². The van der Waals surface area contributed by atoms with Crippen LogP contribution in [0.4, 0.5) is 13.2 Å². The average Bonchev–Trinajstić information content (AvgIpc) is 2.72. The molecule has 0 amide bonds. The van der Waals surface area contributed by atoms with Crippen LogP contribution in [0.2, 0.25) is 0 Å². The Morgan fingerprint density at radius 1 is 1.26 bits per heavy atom. The fourth-order valence-electron chi connectivity index (χ4n) is 2.36. The van der Waals surface area contributed by atoms with Gasteiger partial charge in [-0.15, -0.1) is 0 Å². The second-order valence-electron chi connectivity index (χ2n) is 4.79. The zero-order chi connectivity index (χ0) is 14.0. The molecular weight excluding hydrogens is 259 g/mol. The summed E-state index contributed by atoms with van der Waals surface area (Å²) < 4.78 is 38.6. The zero-order valence-electron chi connectivity index (χ0n) is 10.2. The van der Waals surface area contributed by atoms with Gasteiger partial charge in [-0.3, -0.25) is 9.59 Å². The maximum atomic E-state index is 12.5. The third kappa shape index (κ3) is 3.24. The van der Waals surface area contributed by atoms with Crippen LogP contribution in [0.1, 0.15) is 31.2 Å². The van der Waals surface area contributed by atoms with Crippen molar-refractivity contribution in [2.24, 2.45) is 5.92 Å². The Kier molecular flexibility index (Phi) is 3.78. The Hall–Kier alpha value is -1.59. The lowest BCUT2D eigenvalue weighted by atomic mass is 10.0. The lowest BCUT2D eigenvalue weighted by Crippen LogP contribution is -2.23. The summed E-state index contributed by atoms with van der Waals surface area (Å²) in [6.45, 7) is 0.152. The molecule has 2 rings (SSSR count). The quantitative estimate of drug-likeness (QED) is 0.849. The highest BCUT2D eigenvalue weighted by molar-refractivity contribution is 5.82. The number of aromatic nitrogens is 1. The number of hydrogen-bond donors (Lipinski definition) is 0. The summed E-state index contributed by atoms with van der Waals surface area (Å²) >= 11 is 0. The van der Waals surface area contributed by atoms with Crippen molar-refractivity contribution in [3.8, 4) is 0 Å². The molecule has 19 heavy (non-hydrogen) atoms. The van der Waals surface area contributed by atoms with E-state index in [1.165, 1.54) is 0 Å². The summed E-state index contributed by atoms with van der Waals surface area (Å²) in [7, 11) is 0. The van der Waals surface area contributed by atoms with Crippen LogP contribution in [0.5, 0.6) is 0 Å². The third-order valence-electron chi connectivity index (χ3n) is 3.46. The number of hydrogen-bond acceptors (Lipinski definition) is 2. The number of nitrogens with zero attached hydrogens (tertiary/aromatic N) is 1. The Morgan fingerprint density at radius 3 is 2.58 bits per heavy atom. The number of alkyl halides is 3. The maximum absolute atomic E-state index is 12.5. The van der Waals surface area contributed by atoms with Gasteiger partial charge < -0.3 is 4.57 Å². The van der Waals surface area contributed by atoms with Crippen LogP contribution in [0.15, 0.2) is 23.1 Å². The Morgan fingerprint density at radius 2 is 2.00 bits per heavy atom. The van der Waals surface area contributed by atoms with Crippen molar-refractivity contribution < 1.29 is 18.0 Å². The van der Waals surface area contributed by atoms with Gasteiger partial charge in [0, 0.05) is 31.1 Å². The Labute approximate surface area is 108 Å². The third-order valence-corrected chi connectivity index (χ3v) is 3.46. The summed E-state index contributed by atoms with van der Waals surface area (Å²) in [5.41, 5.74) is -1.32. The van der Waals surface area contributed by atoms with Gasteiger partial charge in [0.2, 0.25) is 0 Å². The smallest absolute Gasteiger partial charge is 0.315 e.